The molecule has 1 aliphatic heterocycles. The molecule has 2 nitrogen and oxygen atoms in total. The molecule has 0 amide bonds. The summed E-state index contributed by atoms with van der Waals surface area (Å²) in [6, 6.07) is 5.86. The highest BCUT2D eigenvalue weighted by Crippen LogP contribution is 2.32. The molecule has 0 aromatic heterocycles. The molecule has 0 bridgehead atoms. The topological polar surface area (TPSA) is 6.48 Å². The normalized spacial score (nSPS) is 18.7. The van der Waals surface area contributed by atoms with Crippen LogP contribution >= 0.6 is 0 Å². The van der Waals surface area contributed by atoms with Gasteiger partial charge in [-0.25, -0.2) is 0 Å². The van der Waals surface area contributed by atoms with E-state index in [9.17, 15) is 13.2 Å². The average molecular weight is 272 g/mol. The van der Waals surface area contributed by atoms with Crippen molar-refractivity contribution in [3.05, 3.63) is 35.4 Å². The van der Waals surface area contributed by atoms with Crippen LogP contribution in [0.15, 0.2) is 24.3 Å². The molecule has 0 N–H and O–H groups in total. The van der Waals surface area contributed by atoms with Crippen LogP contribution in [0.4, 0.5) is 13.2 Å². The van der Waals surface area contributed by atoms with Gasteiger partial charge in [-0.05, 0) is 18.2 Å². The third kappa shape index (κ3) is 3.70. The van der Waals surface area contributed by atoms with E-state index in [1.807, 2.05) is 0 Å². The molecule has 106 valence electrons. The molecule has 0 atom stereocenters. The van der Waals surface area contributed by atoms with Crippen molar-refractivity contribution in [2.45, 2.75) is 19.6 Å². The van der Waals surface area contributed by atoms with Gasteiger partial charge in [0.15, 0.2) is 0 Å². The molecule has 0 spiro atoms. The highest BCUT2D eigenvalue weighted by atomic mass is 19.4. The zero-order valence-electron chi connectivity index (χ0n) is 11.1. The van der Waals surface area contributed by atoms with E-state index >= 15 is 0 Å². The molecule has 0 aliphatic carbocycles. The quantitative estimate of drug-likeness (QED) is 0.835. The lowest BCUT2D eigenvalue weighted by atomic mass is 10.1. The van der Waals surface area contributed by atoms with Gasteiger partial charge in [-0.2, -0.15) is 13.2 Å². The lowest BCUT2D eigenvalue weighted by molar-refractivity contribution is -0.138. The molecular formula is C14H19F3N2. The lowest BCUT2D eigenvalue weighted by Crippen LogP contribution is -2.45. The number of likely N-dealkylation sites (N-methyl/N-ethyl adjacent to an activating group) is 1. The Morgan fingerprint density at radius 3 is 2.16 bits per heavy atom. The van der Waals surface area contributed by atoms with Gasteiger partial charge in [-0.1, -0.05) is 25.1 Å². The molecule has 2 rings (SSSR count). The molecule has 0 saturated carbocycles. The highest BCUT2D eigenvalue weighted by molar-refractivity contribution is 5.29. The largest absolute Gasteiger partial charge is 0.416 e. The van der Waals surface area contributed by atoms with Crippen molar-refractivity contribution in [3.63, 3.8) is 0 Å². The molecule has 0 unspecified atom stereocenters. The predicted molar refractivity (Wildman–Crippen MR) is 68.8 cm³/mol. The van der Waals surface area contributed by atoms with Crippen LogP contribution in [0.5, 0.6) is 0 Å². The number of nitrogens with zero attached hydrogens (tertiary/aromatic N) is 2. The van der Waals surface area contributed by atoms with Crippen molar-refractivity contribution in [1.82, 2.24) is 9.80 Å². The Morgan fingerprint density at radius 1 is 1.00 bits per heavy atom. The van der Waals surface area contributed by atoms with Gasteiger partial charge in [0.2, 0.25) is 0 Å². The maximum Gasteiger partial charge on any atom is 0.416 e. The average Bonchev–Trinajstić information content (AvgIpc) is 2.39. The maximum atomic E-state index is 12.9. The summed E-state index contributed by atoms with van der Waals surface area (Å²) in [4.78, 5) is 4.41. The van der Waals surface area contributed by atoms with Crippen molar-refractivity contribution in [2.24, 2.45) is 0 Å². The molecule has 1 fully saturated rings. The summed E-state index contributed by atoms with van der Waals surface area (Å²) >= 11 is 0. The van der Waals surface area contributed by atoms with E-state index in [0.29, 0.717) is 12.1 Å². The van der Waals surface area contributed by atoms with Crippen molar-refractivity contribution >= 4 is 0 Å². The van der Waals surface area contributed by atoms with Crippen LogP contribution in [0.25, 0.3) is 0 Å². The standard InChI is InChI=1S/C14H19F3N2/c1-2-18-7-9-19(10-8-18)11-12-5-3-4-6-13(12)14(15,16)17/h3-6H,2,7-11H2,1H3. The van der Waals surface area contributed by atoms with Gasteiger partial charge in [0, 0.05) is 32.7 Å². The van der Waals surface area contributed by atoms with Crippen LogP contribution in [0.1, 0.15) is 18.1 Å². The first-order chi connectivity index (χ1) is 9.00. The zero-order chi connectivity index (χ0) is 13.9. The van der Waals surface area contributed by atoms with Gasteiger partial charge >= 0.3 is 6.18 Å². The third-order valence-corrected chi connectivity index (χ3v) is 3.63. The SMILES string of the molecule is CCN1CCN(Cc2ccccc2C(F)(F)F)CC1. The first-order valence-electron chi connectivity index (χ1n) is 6.60. The Kier molecular flexibility index (Phi) is 4.47. The minimum absolute atomic E-state index is 0.375. The summed E-state index contributed by atoms with van der Waals surface area (Å²) in [5.74, 6) is 0. The summed E-state index contributed by atoms with van der Waals surface area (Å²) in [6.45, 7) is 7.03. The van der Waals surface area contributed by atoms with E-state index in [2.05, 4.69) is 16.7 Å². The number of halogens is 3. The van der Waals surface area contributed by atoms with E-state index in [0.717, 1.165) is 38.8 Å². The first kappa shape index (κ1) is 14.3. The van der Waals surface area contributed by atoms with Gasteiger partial charge in [0.1, 0.15) is 0 Å². The van der Waals surface area contributed by atoms with Crippen molar-refractivity contribution in [2.75, 3.05) is 32.7 Å². The smallest absolute Gasteiger partial charge is 0.301 e. The van der Waals surface area contributed by atoms with Crippen molar-refractivity contribution in [1.29, 1.82) is 0 Å². The fourth-order valence-corrected chi connectivity index (χ4v) is 2.44. The van der Waals surface area contributed by atoms with Gasteiger partial charge in [0.25, 0.3) is 0 Å². The van der Waals surface area contributed by atoms with Gasteiger partial charge in [0.05, 0.1) is 5.56 Å². The van der Waals surface area contributed by atoms with Crippen LogP contribution in [0.2, 0.25) is 0 Å². The first-order valence-corrected chi connectivity index (χ1v) is 6.60. The molecule has 1 heterocycles. The Balaban J connectivity index is 2.04. The minimum Gasteiger partial charge on any atom is -0.301 e. The van der Waals surface area contributed by atoms with Crippen molar-refractivity contribution < 1.29 is 13.2 Å². The lowest BCUT2D eigenvalue weighted by Gasteiger charge is -2.34. The molecule has 19 heavy (non-hydrogen) atoms. The zero-order valence-corrected chi connectivity index (χ0v) is 11.1. The number of hydrogen-bond acceptors (Lipinski definition) is 2. The van der Waals surface area contributed by atoms with E-state index in [4.69, 9.17) is 0 Å². The van der Waals surface area contributed by atoms with E-state index in [1.165, 1.54) is 6.07 Å². The van der Waals surface area contributed by atoms with Gasteiger partial charge < -0.3 is 4.90 Å². The number of alkyl halides is 3. The number of rotatable bonds is 3. The number of hydrogen-bond donors (Lipinski definition) is 0. The Bertz CT molecular complexity index is 409. The summed E-state index contributed by atoms with van der Waals surface area (Å²) < 4.78 is 38.7. The van der Waals surface area contributed by atoms with Crippen molar-refractivity contribution in [3.8, 4) is 0 Å². The second kappa shape index (κ2) is 5.92. The van der Waals surface area contributed by atoms with Crippen LogP contribution < -0.4 is 0 Å². The second-order valence-corrected chi connectivity index (χ2v) is 4.87. The Hall–Kier alpha value is -1.07. The number of piperazine rings is 1. The van der Waals surface area contributed by atoms with E-state index < -0.39 is 11.7 Å². The number of benzene rings is 1. The molecule has 1 aromatic rings. The van der Waals surface area contributed by atoms with Crippen LogP contribution in [-0.2, 0) is 12.7 Å². The maximum absolute atomic E-state index is 12.9. The van der Waals surface area contributed by atoms with Crippen LogP contribution in [0, 0.1) is 0 Å². The van der Waals surface area contributed by atoms with E-state index in [1.54, 1.807) is 12.1 Å². The summed E-state index contributed by atoms with van der Waals surface area (Å²) in [7, 11) is 0. The third-order valence-electron chi connectivity index (χ3n) is 3.63. The van der Waals surface area contributed by atoms with E-state index in [-0.39, 0.29) is 0 Å². The summed E-state index contributed by atoms with van der Waals surface area (Å²) in [5.41, 5.74) is -0.132. The Labute approximate surface area is 111 Å². The molecule has 5 heteroatoms. The molecule has 1 aliphatic rings. The monoisotopic (exact) mass is 272 g/mol. The highest BCUT2D eigenvalue weighted by Gasteiger charge is 2.33. The Morgan fingerprint density at radius 2 is 1.58 bits per heavy atom. The molecule has 1 aromatic carbocycles. The summed E-state index contributed by atoms with van der Waals surface area (Å²) in [5, 5.41) is 0. The van der Waals surface area contributed by atoms with Crippen LogP contribution in [0.3, 0.4) is 0 Å². The molecule has 1 saturated heterocycles. The van der Waals surface area contributed by atoms with Gasteiger partial charge in [-0.3, -0.25) is 4.90 Å². The van der Waals surface area contributed by atoms with Gasteiger partial charge in [-0.15, -0.1) is 0 Å². The predicted octanol–water partition coefficient (Wildman–Crippen LogP) is 2.84. The molecular weight excluding hydrogens is 253 g/mol. The minimum atomic E-state index is -4.26. The second-order valence-electron chi connectivity index (χ2n) is 4.87. The fraction of sp³-hybridized carbons (Fsp3) is 0.571. The molecule has 0 radical (unpaired) electrons. The fourth-order valence-electron chi connectivity index (χ4n) is 2.44. The summed E-state index contributed by atoms with van der Waals surface area (Å²) in [6.07, 6.45) is -4.26. The van der Waals surface area contributed by atoms with Crippen LogP contribution in [-0.4, -0.2) is 42.5 Å².